The zero-order chi connectivity index (χ0) is 5.98. The minimum atomic E-state index is -0.0764. The molecule has 0 aliphatic carbocycles. The third-order valence-electron chi connectivity index (χ3n) is 0.882. The van der Waals surface area contributed by atoms with Crippen molar-refractivity contribution < 1.29 is 27.0 Å². The molecule has 1 rings (SSSR count). The Labute approximate surface area is 63.3 Å². The summed E-state index contributed by atoms with van der Waals surface area (Å²) in [6.45, 7) is 0. The molecule has 1 aromatic rings. The molecule has 9 heavy (non-hydrogen) atoms. The summed E-state index contributed by atoms with van der Waals surface area (Å²) in [6.07, 6.45) is 0. The van der Waals surface area contributed by atoms with E-state index in [-0.39, 0.29) is 28.3 Å². The van der Waals surface area contributed by atoms with Gasteiger partial charge >= 0.3 is 0 Å². The molecule has 0 aliphatic rings. The number of rotatable bonds is 0. The summed E-state index contributed by atoms with van der Waals surface area (Å²) in [5.74, 6) is -0.153. The predicted octanol–water partition coefficient (Wildman–Crippen LogP) is 1.10. The molecule has 2 nitrogen and oxygen atoms in total. The van der Waals surface area contributed by atoms with E-state index in [4.69, 9.17) is 10.2 Å². The molecule has 0 spiro atoms. The Balaban J connectivity index is 0.000000640. The number of aromatic hydroxyl groups is 2. The van der Waals surface area contributed by atoms with Gasteiger partial charge in [-0.2, -0.15) is 0 Å². The second-order valence-corrected chi connectivity index (χ2v) is 1.49. The molecule has 0 amide bonds. The fourth-order valence-corrected chi connectivity index (χ4v) is 0.464. The SMILES string of the molecule is Oc1ccccc1O.[Co]. The number of para-hydroxylation sites is 2. The Kier molecular flexibility index (Phi) is 3.12. The van der Waals surface area contributed by atoms with Gasteiger partial charge in [0.05, 0.1) is 0 Å². The standard InChI is InChI=1S/C6H6O2.Co/c7-5-3-1-2-4-6(5)8;/h1-4,7-8H;. The van der Waals surface area contributed by atoms with E-state index >= 15 is 0 Å². The molecule has 0 fully saturated rings. The minimum absolute atomic E-state index is 0. The van der Waals surface area contributed by atoms with Gasteiger partial charge in [-0.15, -0.1) is 0 Å². The van der Waals surface area contributed by atoms with Crippen LogP contribution in [-0.2, 0) is 16.8 Å². The van der Waals surface area contributed by atoms with Crippen LogP contribution in [0.25, 0.3) is 0 Å². The quantitative estimate of drug-likeness (QED) is 0.571. The van der Waals surface area contributed by atoms with Crippen molar-refractivity contribution in [3.63, 3.8) is 0 Å². The van der Waals surface area contributed by atoms with Crippen LogP contribution in [0.15, 0.2) is 24.3 Å². The van der Waals surface area contributed by atoms with E-state index in [0.717, 1.165) is 0 Å². The summed E-state index contributed by atoms with van der Waals surface area (Å²) >= 11 is 0. The molecule has 0 heterocycles. The van der Waals surface area contributed by atoms with Gasteiger partial charge in [-0.05, 0) is 12.1 Å². The molecular weight excluding hydrogens is 163 g/mol. The van der Waals surface area contributed by atoms with Crippen LogP contribution >= 0.6 is 0 Å². The van der Waals surface area contributed by atoms with Gasteiger partial charge in [-0.3, -0.25) is 0 Å². The van der Waals surface area contributed by atoms with E-state index in [0.29, 0.717) is 0 Å². The molecule has 2 N–H and O–H groups in total. The van der Waals surface area contributed by atoms with Crippen molar-refractivity contribution in [1.29, 1.82) is 0 Å². The Hall–Kier alpha value is -0.674. The number of phenolic OH excluding ortho intramolecular Hbond substituents is 2. The second-order valence-electron chi connectivity index (χ2n) is 1.49. The number of hydrogen-bond donors (Lipinski definition) is 2. The summed E-state index contributed by atoms with van der Waals surface area (Å²) in [6, 6.07) is 6.15. The van der Waals surface area contributed by atoms with Crippen LogP contribution in [-0.4, -0.2) is 10.2 Å². The zero-order valence-corrected chi connectivity index (χ0v) is 5.58. The molecule has 0 saturated carbocycles. The molecule has 1 radical (unpaired) electrons. The van der Waals surface area contributed by atoms with Crippen molar-refractivity contribution in [3.8, 4) is 11.5 Å². The van der Waals surface area contributed by atoms with Crippen molar-refractivity contribution in [1.82, 2.24) is 0 Å². The van der Waals surface area contributed by atoms with Crippen LogP contribution in [0.2, 0.25) is 0 Å². The maximum absolute atomic E-state index is 8.67. The molecule has 0 bridgehead atoms. The molecule has 3 heteroatoms. The van der Waals surface area contributed by atoms with Crippen molar-refractivity contribution >= 4 is 0 Å². The summed E-state index contributed by atoms with van der Waals surface area (Å²) in [5.41, 5.74) is 0. The van der Waals surface area contributed by atoms with Gasteiger partial charge in [0.1, 0.15) is 0 Å². The predicted molar refractivity (Wildman–Crippen MR) is 29.8 cm³/mol. The monoisotopic (exact) mass is 169 g/mol. The third-order valence-corrected chi connectivity index (χ3v) is 0.882. The van der Waals surface area contributed by atoms with Gasteiger partial charge in [0.2, 0.25) is 0 Å². The molecule has 0 atom stereocenters. The number of phenols is 2. The van der Waals surface area contributed by atoms with Gasteiger partial charge in [-0.1, -0.05) is 12.1 Å². The first-order valence-corrected chi connectivity index (χ1v) is 2.27. The molecule has 0 aliphatic heterocycles. The Bertz CT molecular complexity index is 167. The summed E-state index contributed by atoms with van der Waals surface area (Å²) in [4.78, 5) is 0. The first-order chi connectivity index (χ1) is 3.80. The van der Waals surface area contributed by atoms with Crippen LogP contribution in [0, 0.1) is 0 Å². The molecular formula is C6H6CoO2. The van der Waals surface area contributed by atoms with Gasteiger partial charge in [0.15, 0.2) is 11.5 Å². The normalized spacial score (nSPS) is 8.00. The van der Waals surface area contributed by atoms with E-state index in [1.165, 1.54) is 12.1 Å². The Morgan fingerprint density at radius 3 is 1.44 bits per heavy atom. The Morgan fingerprint density at radius 2 is 1.22 bits per heavy atom. The van der Waals surface area contributed by atoms with E-state index in [9.17, 15) is 0 Å². The van der Waals surface area contributed by atoms with Crippen LogP contribution in [0.4, 0.5) is 0 Å². The second kappa shape index (κ2) is 3.37. The van der Waals surface area contributed by atoms with Crippen molar-refractivity contribution in [3.05, 3.63) is 24.3 Å². The van der Waals surface area contributed by atoms with Crippen LogP contribution in [0.1, 0.15) is 0 Å². The van der Waals surface area contributed by atoms with Crippen molar-refractivity contribution in [2.45, 2.75) is 0 Å². The fourth-order valence-electron chi connectivity index (χ4n) is 0.464. The zero-order valence-electron chi connectivity index (χ0n) is 4.54. The molecule has 0 unspecified atom stereocenters. The van der Waals surface area contributed by atoms with E-state index in [1.54, 1.807) is 12.1 Å². The molecule has 51 valence electrons. The van der Waals surface area contributed by atoms with Gasteiger partial charge in [0, 0.05) is 16.8 Å². The molecule has 0 saturated heterocycles. The van der Waals surface area contributed by atoms with Gasteiger partial charge in [0.25, 0.3) is 0 Å². The molecule has 1 aromatic carbocycles. The van der Waals surface area contributed by atoms with E-state index in [2.05, 4.69) is 0 Å². The van der Waals surface area contributed by atoms with Crippen LogP contribution in [0.5, 0.6) is 11.5 Å². The topological polar surface area (TPSA) is 40.5 Å². The number of benzene rings is 1. The first kappa shape index (κ1) is 8.33. The Morgan fingerprint density at radius 1 is 0.889 bits per heavy atom. The molecule has 0 aromatic heterocycles. The van der Waals surface area contributed by atoms with E-state index in [1.807, 2.05) is 0 Å². The van der Waals surface area contributed by atoms with Crippen LogP contribution < -0.4 is 0 Å². The first-order valence-electron chi connectivity index (χ1n) is 2.27. The van der Waals surface area contributed by atoms with Crippen molar-refractivity contribution in [2.75, 3.05) is 0 Å². The smallest absolute Gasteiger partial charge is 0.157 e. The largest absolute Gasteiger partial charge is 0.504 e. The number of hydrogen-bond acceptors (Lipinski definition) is 2. The fraction of sp³-hybridized carbons (Fsp3) is 0. The van der Waals surface area contributed by atoms with Crippen molar-refractivity contribution in [2.24, 2.45) is 0 Å². The average molecular weight is 169 g/mol. The minimum Gasteiger partial charge on any atom is -0.504 e. The maximum atomic E-state index is 8.67. The van der Waals surface area contributed by atoms with Crippen LogP contribution in [0.3, 0.4) is 0 Å². The average Bonchev–Trinajstić information content (AvgIpc) is 1.77. The van der Waals surface area contributed by atoms with Gasteiger partial charge in [-0.25, -0.2) is 0 Å². The summed E-state index contributed by atoms with van der Waals surface area (Å²) < 4.78 is 0. The maximum Gasteiger partial charge on any atom is 0.157 e. The van der Waals surface area contributed by atoms with E-state index < -0.39 is 0 Å². The summed E-state index contributed by atoms with van der Waals surface area (Å²) in [5, 5.41) is 17.3. The third kappa shape index (κ3) is 1.95. The van der Waals surface area contributed by atoms with Gasteiger partial charge < -0.3 is 10.2 Å². The summed E-state index contributed by atoms with van der Waals surface area (Å²) in [7, 11) is 0.